The van der Waals surface area contributed by atoms with Gasteiger partial charge in [0.1, 0.15) is 11.4 Å². The summed E-state index contributed by atoms with van der Waals surface area (Å²) in [5.74, 6) is 0.680. The van der Waals surface area contributed by atoms with E-state index in [9.17, 15) is 9.59 Å². The summed E-state index contributed by atoms with van der Waals surface area (Å²) in [6, 6.07) is 17.7. The number of nitrogens with zero attached hydrogens (tertiary/aromatic N) is 3. The van der Waals surface area contributed by atoms with Crippen molar-refractivity contribution in [3.63, 3.8) is 0 Å². The normalized spacial score (nSPS) is 15.9. The van der Waals surface area contributed by atoms with Gasteiger partial charge in [-0.1, -0.05) is 42.5 Å². The first-order valence-electron chi connectivity index (χ1n) is 11.4. The maximum Gasteiger partial charge on any atom is 0.257 e. The Hall–Kier alpha value is -3.61. The molecule has 1 aliphatic heterocycles. The van der Waals surface area contributed by atoms with Gasteiger partial charge in [-0.3, -0.25) is 14.3 Å². The van der Waals surface area contributed by atoms with Crippen molar-refractivity contribution in [3.8, 4) is 17.0 Å². The number of benzene rings is 2. The lowest BCUT2D eigenvalue weighted by Gasteiger charge is -2.32. The molecule has 0 bridgehead atoms. The highest BCUT2D eigenvalue weighted by molar-refractivity contribution is 6.00. The van der Waals surface area contributed by atoms with Gasteiger partial charge in [0.05, 0.1) is 19.2 Å². The molecule has 0 aliphatic carbocycles. The zero-order valence-electron chi connectivity index (χ0n) is 18.9. The average molecular weight is 447 g/mol. The van der Waals surface area contributed by atoms with Crippen molar-refractivity contribution in [1.82, 2.24) is 14.7 Å². The molecule has 33 heavy (non-hydrogen) atoms. The minimum atomic E-state index is -0.291. The molecule has 4 rings (SSSR count). The monoisotopic (exact) mass is 446 g/mol. The van der Waals surface area contributed by atoms with Crippen molar-refractivity contribution in [2.45, 2.75) is 32.2 Å². The fourth-order valence-corrected chi connectivity index (χ4v) is 4.41. The Morgan fingerprint density at radius 1 is 1.15 bits per heavy atom. The summed E-state index contributed by atoms with van der Waals surface area (Å²) in [5.41, 5.74) is 8.51. The van der Waals surface area contributed by atoms with E-state index in [-0.39, 0.29) is 17.7 Å². The third kappa shape index (κ3) is 5.61. The van der Waals surface area contributed by atoms with Gasteiger partial charge in [0.2, 0.25) is 5.91 Å². The number of amides is 2. The largest absolute Gasteiger partial charge is 0.497 e. The molecule has 0 spiro atoms. The standard InChI is InChI=1S/C26H30N4O3/c1-33-22-11-5-10-21(15-22)25-23(18-30(28-25)17-19-7-3-2-4-8-19)26(32)29-14-6-9-20(16-29)12-13-24(27)31/h2-5,7-8,10-11,15,18,20H,6,9,12-14,16-17H2,1H3,(H2,27,31). The lowest BCUT2D eigenvalue weighted by atomic mass is 9.92. The van der Waals surface area contributed by atoms with Crippen molar-refractivity contribution in [3.05, 3.63) is 71.9 Å². The van der Waals surface area contributed by atoms with E-state index in [0.717, 1.165) is 30.4 Å². The third-order valence-electron chi connectivity index (χ3n) is 6.13. The summed E-state index contributed by atoms with van der Waals surface area (Å²) in [6.07, 6.45) is 4.85. The molecule has 1 unspecified atom stereocenters. The van der Waals surface area contributed by atoms with Crippen LogP contribution in [0.1, 0.15) is 41.6 Å². The summed E-state index contributed by atoms with van der Waals surface area (Å²) in [6.45, 7) is 1.91. The van der Waals surface area contributed by atoms with Gasteiger partial charge in [-0.2, -0.15) is 5.10 Å². The number of ether oxygens (including phenoxy) is 1. The molecule has 3 aromatic rings. The van der Waals surface area contributed by atoms with Crippen LogP contribution in [0, 0.1) is 5.92 Å². The lowest BCUT2D eigenvalue weighted by Crippen LogP contribution is -2.40. The Morgan fingerprint density at radius 2 is 1.97 bits per heavy atom. The summed E-state index contributed by atoms with van der Waals surface area (Å²) < 4.78 is 7.21. The van der Waals surface area contributed by atoms with Crippen molar-refractivity contribution in [2.75, 3.05) is 20.2 Å². The Morgan fingerprint density at radius 3 is 2.73 bits per heavy atom. The van der Waals surface area contributed by atoms with E-state index < -0.39 is 0 Å². The van der Waals surface area contributed by atoms with Crippen LogP contribution in [0.25, 0.3) is 11.3 Å². The second kappa shape index (κ2) is 10.3. The van der Waals surface area contributed by atoms with Crippen LogP contribution in [0.4, 0.5) is 0 Å². The Balaban J connectivity index is 1.63. The smallest absolute Gasteiger partial charge is 0.257 e. The van der Waals surface area contributed by atoms with Gasteiger partial charge in [-0.15, -0.1) is 0 Å². The molecule has 0 radical (unpaired) electrons. The number of piperidine rings is 1. The zero-order chi connectivity index (χ0) is 23.2. The number of hydrogen-bond acceptors (Lipinski definition) is 4. The van der Waals surface area contributed by atoms with Crippen LogP contribution in [0.2, 0.25) is 0 Å². The summed E-state index contributed by atoms with van der Waals surface area (Å²) in [5, 5.41) is 4.80. The van der Waals surface area contributed by atoms with Crippen LogP contribution in [0.5, 0.6) is 5.75 Å². The number of methoxy groups -OCH3 is 1. The van der Waals surface area contributed by atoms with Gasteiger partial charge >= 0.3 is 0 Å². The average Bonchev–Trinajstić information content (AvgIpc) is 3.27. The number of nitrogens with two attached hydrogens (primary N) is 1. The molecule has 0 saturated carbocycles. The van der Waals surface area contributed by atoms with Crippen LogP contribution < -0.4 is 10.5 Å². The van der Waals surface area contributed by atoms with Crippen molar-refractivity contribution >= 4 is 11.8 Å². The number of rotatable bonds is 8. The van der Waals surface area contributed by atoms with Gasteiger partial charge in [0, 0.05) is 31.3 Å². The van der Waals surface area contributed by atoms with Crippen LogP contribution in [-0.2, 0) is 11.3 Å². The SMILES string of the molecule is COc1cccc(-c2nn(Cc3ccccc3)cc2C(=O)N2CCCC(CCC(N)=O)C2)c1. The number of aromatic nitrogens is 2. The molecule has 1 aliphatic rings. The van der Waals surface area contributed by atoms with Gasteiger partial charge in [-0.25, -0.2) is 0 Å². The van der Waals surface area contributed by atoms with E-state index >= 15 is 0 Å². The highest BCUT2D eigenvalue weighted by Gasteiger charge is 2.28. The molecule has 2 amide bonds. The van der Waals surface area contributed by atoms with E-state index in [0.29, 0.717) is 43.1 Å². The fraction of sp³-hybridized carbons (Fsp3) is 0.346. The summed E-state index contributed by atoms with van der Waals surface area (Å²) in [7, 11) is 1.62. The summed E-state index contributed by atoms with van der Waals surface area (Å²) >= 11 is 0. The van der Waals surface area contributed by atoms with E-state index in [1.807, 2.05) is 70.4 Å². The minimum absolute atomic E-state index is 0.0316. The van der Waals surface area contributed by atoms with Gasteiger partial charge in [-0.05, 0) is 42.9 Å². The Bertz CT molecular complexity index is 1110. The molecule has 1 atom stereocenters. The first-order chi connectivity index (χ1) is 16.0. The topological polar surface area (TPSA) is 90.5 Å². The lowest BCUT2D eigenvalue weighted by molar-refractivity contribution is -0.118. The predicted octanol–water partition coefficient (Wildman–Crippen LogP) is 3.72. The number of carbonyl (C=O) groups excluding carboxylic acids is 2. The third-order valence-corrected chi connectivity index (χ3v) is 6.13. The number of hydrogen-bond donors (Lipinski definition) is 1. The van der Waals surface area contributed by atoms with Crippen molar-refractivity contribution in [2.24, 2.45) is 11.7 Å². The fourth-order valence-electron chi connectivity index (χ4n) is 4.41. The highest BCUT2D eigenvalue weighted by atomic mass is 16.5. The minimum Gasteiger partial charge on any atom is -0.497 e. The molecule has 1 saturated heterocycles. The molecular weight excluding hydrogens is 416 g/mol. The molecule has 2 N–H and O–H groups in total. The molecule has 2 aromatic carbocycles. The molecule has 1 fully saturated rings. The maximum atomic E-state index is 13.6. The second-order valence-electron chi connectivity index (χ2n) is 8.57. The molecule has 1 aromatic heterocycles. The molecule has 172 valence electrons. The van der Waals surface area contributed by atoms with Crippen LogP contribution >= 0.6 is 0 Å². The highest BCUT2D eigenvalue weighted by Crippen LogP contribution is 2.29. The molecular formula is C26H30N4O3. The van der Waals surface area contributed by atoms with Gasteiger partial charge in [0.15, 0.2) is 0 Å². The van der Waals surface area contributed by atoms with E-state index in [2.05, 4.69) is 0 Å². The zero-order valence-corrected chi connectivity index (χ0v) is 18.9. The number of carbonyl (C=O) groups is 2. The second-order valence-corrected chi connectivity index (χ2v) is 8.57. The van der Waals surface area contributed by atoms with Crippen LogP contribution in [0.3, 0.4) is 0 Å². The predicted molar refractivity (Wildman–Crippen MR) is 127 cm³/mol. The Labute approximate surface area is 194 Å². The summed E-state index contributed by atoms with van der Waals surface area (Å²) in [4.78, 5) is 26.7. The van der Waals surface area contributed by atoms with Crippen molar-refractivity contribution in [1.29, 1.82) is 0 Å². The van der Waals surface area contributed by atoms with Gasteiger partial charge in [0.25, 0.3) is 5.91 Å². The number of primary amides is 1. The Kier molecular flexibility index (Phi) is 7.07. The maximum absolute atomic E-state index is 13.6. The molecule has 7 nitrogen and oxygen atoms in total. The molecule has 2 heterocycles. The van der Waals surface area contributed by atoms with E-state index in [1.54, 1.807) is 7.11 Å². The number of likely N-dealkylation sites (tertiary alicyclic amines) is 1. The van der Waals surface area contributed by atoms with Crippen molar-refractivity contribution < 1.29 is 14.3 Å². The quantitative estimate of drug-likeness (QED) is 0.571. The van der Waals surface area contributed by atoms with Gasteiger partial charge < -0.3 is 15.4 Å². The molecule has 7 heteroatoms. The van der Waals surface area contributed by atoms with E-state index in [4.69, 9.17) is 15.6 Å². The van der Waals surface area contributed by atoms with E-state index in [1.165, 1.54) is 0 Å². The first-order valence-corrected chi connectivity index (χ1v) is 11.4. The first kappa shape index (κ1) is 22.6. The van der Waals surface area contributed by atoms with Crippen LogP contribution in [-0.4, -0.2) is 46.7 Å². The van der Waals surface area contributed by atoms with Crippen LogP contribution in [0.15, 0.2) is 60.8 Å².